The summed E-state index contributed by atoms with van der Waals surface area (Å²) in [5.41, 5.74) is 2.76. The molecule has 0 unspecified atom stereocenters. The molecule has 2 aromatic carbocycles. The Balaban J connectivity index is 1.63. The van der Waals surface area contributed by atoms with E-state index in [0.29, 0.717) is 21.1 Å². The third kappa shape index (κ3) is 4.30. The molecule has 2 heterocycles. The Bertz CT molecular complexity index is 1330. The fourth-order valence-corrected chi connectivity index (χ4v) is 3.67. The summed E-state index contributed by atoms with van der Waals surface area (Å²) in [4.78, 5) is 28.7. The minimum atomic E-state index is -0.392. The average Bonchev–Trinajstić information content (AvgIpc) is 3.20. The lowest BCUT2D eigenvalue weighted by Gasteiger charge is -2.01. The standard InChI is InChI=1S/C22H17N3O3S/c1-14-6-8-16(9-7-14)10-11-20-23-22-25(24-20)21(27)19(29-22)13-17-4-3-5-18(12-17)28-15(2)26/h3-13H,1-2H3/b11-10+,19-13+. The van der Waals surface area contributed by atoms with E-state index in [1.165, 1.54) is 28.3 Å². The molecule has 0 radical (unpaired) electrons. The van der Waals surface area contributed by atoms with E-state index >= 15 is 0 Å². The first-order chi connectivity index (χ1) is 14.0. The van der Waals surface area contributed by atoms with Crippen molar-refractivity contribution < 1.29 is 9.53 Å². The van der Waals surface area contributed by atoms with E-state index in [-0.39, 0.29) is 5.56 Å². The Kier molecular flexibility index (Phi) is 5.05. The number of aromatic nitrogens is 3. The van der Waals surface area contributed by atoms with E-state index in [1.807, 2.05) is 43.3 Å². The Morgan fingerprint density at radius 1 is 1.10 bits per heavy atom. The molecule has 0 bridgehead atoms. The van der Waals surface area contributed by atoms with Crippen molar-refractivity contribution in [1.82, 2.24) is 14.6 Å². The predicted octanol–water partition coefficient (Wildman–Crippen LogP) is 3.10. The molecular weight excluding hydrogens is 386 g/mol. The van der Waals surface area contributed by atoms with Crippen molar-refractivity contribution in [2.75, 3.05) is 0 Å². The zero-order valence-corrected chi connectivity index (χ0v) is 16.6. The van der Waals surface area contributed by atoms with Crippen LogP contribution < -0.4 is 14.8 Å². The van der Waals surface area contributed by atoms with Crippen LogP contribution in [0.25, 0.3) is 23.2 Å². The van der Waals surface area contributed by atoms with E-state index in [2.05, 4.69) is 10.1 Å². The monoisotopic (exact) mass is 403 g/mol. The van der Waals surface area contributed by atoms with E-state index in [9.17, 15) is 9.59 Å². The number of aryl methyl sites for hydroxylation is 1. The van der Waals surface area contributed by atoms with Crippen molar-refractivity contribution in [3.63, 3.8) is 0 Å². The SMILES string of the molecule is CC(=O)Oc1cccc(/C=c2/sc3nc(/C=C/c4ccc(C)cc4)nn3c2=O)c1. The average molecular weight is 403 g/mol. The lowest BCUT2D eigenvalue weighted by atomic mass is 10.1. The van der Waals surface area contributed by atoms with Crippen molar-refractivity contribution in [2.45, 2.75) is 13.8 Å². The maximum absolute atomic E-state index is 12.7. The van der Waals surface area contributed by atoms with Gasteiger partial charge in [-0.3, -0.25) is 9.59 Å². The maximum Gasteiger partial charge on any atom is 0.308 e. The normalized spacial score (nSPS) is 12.1. The quantitative estimate of drug-likeness (QED) is 0.387. The van der Waals surface area contributed by atoms with Gasteiger partial charge < -0.3 is 4.74 Å². The van der Waals surface area contributed by atoms with Crippen molar-refractivity contribution in [1.29, 1.82) is 0 Å². The van der Waals surface area contributed by atoms with Gasteiger partial charge in [-0.25, -0.2) is 0 Å². The van der Waals surface area contributed by atoms with E-state index in [0.717, 1.165) is 11.1 Å². The third-order valence-electron chi connectivity index (χ3n) is 4.12. The number of hydrogen-bond acceptors (Lipinski definition) is 6. The zero-order valence-electron chi connectivity index (χ0n) is 15.8. The molecule has 4 aromatic rings. The minimum Gasteiger partial charge on any atom is -0.427 e. The fourth-order valence-electron chi connectivity index (χ4n) is 2.75. The summed E-state index contributed by atoms with van der Waals surface area (Å²) in [5.74, 6) is 0.524. The van der Waals surface area contributed by atoms with Crippen LogP contribution in [0.15, 0.2) is 53.3 Å². The van der Waals surface area contributed by atoms with Gasteiger partial charge >= 0.3 is 5.97 Å². The second-order valence-electron chi connectivity index (χ2n) is 6.49. The molecule has 0 aliphatic heterocycles. The van der Waals surface area contributed by atoms with Gasteiger partial charge in [0.2, 0.25) is 4.96 Å². The minimum absolute atomic E-state index is 0.231. The van der Waals surface area contributed by atoms with Gasteiger partial charge in [0.05, 0.1) is 4.53 Å². The number of thiazole rings is 1. The number of ether oxygens (including phenoxy) is 1. The van der Waals surface area contributed by atoms with E-state index in [4.69, 9.17) is 4.74 Å². The van der Waals surface area contributed by atoms with Gasteiger partial charge in [0.15, 0.2) is 5.82 Å². The largest absolute Gasteiger partial charge is 0.427 e. The van der Waals surface area contributed by atoms with Crippen LogP contribution in [-0.4, -0.2) is 20.6 Å². The zero-order chi connectivity index (χ0) is 20.4. The number of esters is 1. The highest BCUT2D eigenvalue weighted by atomic mass is 32.1. The number of hydrogen-bond donors (Lipinski definition) is 0. The van der Waals surface area contributed by atoms with Gasteiger partial charge in [0.1, 0.15) is 5.75 Å². The van der Waals surface area contributed by atoms with Gasteiger partial charge in [0, 0.05) is 6.92 Å². The summed E-state index contributed by atoms with van der Waals surface area (Å²) in [7, 11) is 0. The number of nitrogens with zero attached hydrogens (tertiary/aromatic N) is 3. The molecule has 7 heteroatoms. The molecule has 0 N–H and O–H groups in total. The second-order valence-corrected chi connectivity index (χ2v) is 7.50. The summed E-state index contributed by atoms with van der Waals surface area (Å²) < 4.78 is 6.90. The summed E-state index contributed by atoms with van der Waals surface area (Å²) in [6.45, 7) is 3.38. The third-order valence-corrected chi connectivity index (χ3v) is 5.08. The molecule has 6 nitrogen and oxygen atoms in total. The number of fused-ring (bicyclic) bond motifs is 1. The number of benzene rings is 2. The van der Waals surface area contributed by atoms with Gasteiger partial charge in [-0.2, -0.15) is 9.50 Å². The first kappa shape index (κ1) is 18.8. The molecule has 144 valence electrons. The Morgan fingerprint density at radius 2 is 1.90 bits per heavy atom. The Morgan fingerprint density at radius 3 is 2.62 bits per heavy atom. The second kappa shape index (κ2) is 7.81. The van der Waals surface area contributed by atoms with Gasteiger partial charge in [0.25, 0.3) is 5.56 Å². The van der Waals surface area contributed by atoms with Crippen LogP contribution in [0.2, 0.25) is 0 Å². The summed E-state index contributed by atoms with van der Waals surface area (Å²) in [6.07, 6.45) is 5.44. The molecule has 2 aromatic heterocycles. The van der Waals surface area contributed by atoms with Crippen LogP contribution in [0.4, 0.5) is 0 Å². The molecule has 0 fully saturated rings. The van der Waals surface area contributed by atoms with E-state index in [1.54, 1.807) is 30.4 Å². The molecule has 4 rings (SSSR count). The Labute approximate surface area is 170 Å². The topological polar surface area (TPSA) is 73.6 Å². The van der Waals surface area contributed by atoms with Crippen molar-refractivity contribution in [2.24, 2.45) is 0 Å². The van der Waals surface area contributed by atoms with Crippen LogP contribution in [0.3, 0.4) is 0 Å². The molecule has 0 spiro atoms. The van der Waals surface area contributed by atoms with Crippen LogP contribution in [-0.2, 0) is 4.79 Å². The van der Waals surface area contributed by atoms with Crippen LogP contribution in [0.5, 0.6) is 5.75 Å². The summed E-state index contributed by atoms with van der Waals surface area (Å²) >= 11 is 1.26. The van der Waals surface area contributed by atoms with Crippen molar-refractivity contribution in [3.05, 3.63) is 85.9 Å². The van der Waals surface area contributed by atoms with Crippen molar-refractivity contribution in [3.8, 4) is 5.75 Å². The highest BCUT2D eigenvalue weighted by molar-refractivity contribution is 7.15. The van der Waals surface area contributed by atoms with Gasteiger partial charge in [-0.1, -0.05) is 59.4 Å². The van der Waals surface area contributed by atoms with Crippen molar-refractivity contribution >= 4 is 40.5 Å². The molecule has 0 saturated carbocycles. The molecule has 0 saturated heterocycles. The van der Waals surface area contributed by atoms with E-state index < -0.39 is 5.97 Å². The lowest BCUT2D eigenvalue weighted by Crippen LogP contribution is -2.23. The molecule has 0 aliphatic carbocycles. The molecule has 29 heavy (non-hydrogen) atoms. The summed E-state index contributed by atoms with van der Waals surface area (Å²) in [5, 5.41) is 4.29. The van der Waals surface area contributed by atoms with Gasteiger partial charge in [-0.05, 0) is 42.3 Å². The van der Waals surface area contributed by atoms with Crippen LogP contribution in [0, 0.1) is 6.92 Å². The first-order valence-electron chi connectivity index (χ1n) is 8.92. The van der Waals surface area contributed by atoms with Crippen LogP contribution >= 0.6 is 11.3 Å². The highest BCUT2D eigenvalue weighted by Crippen LogP contribution is 2.14. The predicted molar refractivity (Wildman–Crippen MR) is 114 cm³/mol. The summed E-state index contributed by atoms with van der Waals surface area (Å²) in [6, 6.07) is 15.1. The first-order valence-corrected chi connectivity index (χ1v) is 9.74. The lowest BCUT2D eigenvalue weighted by molar-refractivity contribution is -0.131. The fraction of sp³-hybridized carbons (Fsp3) is 0.0909. The Hall–Kier alpha value is -3.58. The smallest absolute Gasteiger partial charge is 0.308 e. The molecule has 0 amide bonds. The number of carbonyl (C=O) groups is 1. The molecule has 0 aliphatic rings. The number of rotatable bonds is 4. The maximum atomic E-state index is 12.7. The molecular formula is C22H17N3O3S. The van der Waals surface area contributed by atoms with Gasteiger partial charge in [-0.15, -0.1) is 5.10 Å². The van der Waals surface area contributed by atoms with Crippen LogP contribution in [0.1, 0.15) is 29.4 Å². The molecule has 0 atom stereocenters. The number of carbonyl (C=O) groups excluding carboxylic acids is 1. The highest BCUT2D eigenvalue weighted by Gasteiger charge is 2.09.